The summed E-state index contributed by atoms with van der Waals surface area (Å²) in [5, 5.41) is 6.24. The van der Waals surface area contributed by atoms with Crippen molar-refractivity contribution in [2.24, 2.45) is 0 Å². The summed E-state index contributed by atoms with van der Waals surface area (Å²) < 4.78 is 5.20. The van der Waals surface area contributed by atoms with Gasteiger partial charge in [-0.2, -0.15) is 0 Å². The monoisotopic (exact) mass is 327 g/mol. The number of carbonyl (C=O) groups is 1. The van der Waals surface area contributed by atoms with Crippen LogP contribution in [0.15, 0.2) is 42.6 Å². The molecular weight excluding hydrogens is 302 g/mol. The van der Waals surface area contributed by atoms with Gasteiger partial charge in [0.15, 0.2) is 0 Å². The van der Waals surface area contributed by atoms with Gasteiger partial charge in [0, 0.05) is 24.0 Å². The smallest absolute Gasteiger partial charge is 0.269 e. The van der Waals surface area contributed by atoms with Gasteiger partial charge in [0.25, 0.3) is 5.91 Å². The molecule has 0 unspecified atom stereocenters. The van der Waals surface area contributed by atoms with Crippen molar-refractivity contribution in [1.82, 2.24) is 10.3 Å². The van der Waals surface area contributed by atoms with Crippen molar-refractivity contribution >= 4 is 11.6 Å². The van der Waals surface area contributed by atoms with E-state index in [1.54, 1.807) is 19.4 Å². The Morgan fingerprint density at radius 2 is 2.00 bits per heavy atom. The number of methoxy groups -OCH3 is 1. The molecule has 0 fully saturated rings. The van der Waals surface area contributed by atoms with Gasteiger partial charge in [-0.1, -0.05) is 12.1 Å². The average molecular weight is 327 g/mol. The molecule has 24 heavy (non-hydrogen) atoms. The number of rotatable bonds is 6. The van der Waals surface area contributed by atoms with Crippen molar-refractivity contribution < 1.29 is 9.53 Å². The predicted octanol–water partition coefficient (Wildman–Crippen LogP) is 3.27. The highest BCUT2D eigenvalue weighted by molar-refractivity contribution is 5.93. The Labute approximate surface area is 143 Å². The van der Waals surface area contributed by atoms with Crippen LogP contribution in [0, 0.1) is 0 Å². The first-order valence-electron chi connectivity index (χ1n) is 8.03. The predicted molar refractivity (Wildman–Crippen MR) is 96.6 cm³/mol. The van der Waals surface area contributed by atoms with Gasteiger partial charge in [0.05, 0.1) is 7.11 Å². The maximum absolute atomic E-state index is 12.2. The Balaban J connectivity index is 1.91. The Morgan fingerprint density at radius 3 is 2.71 bits per heavy atom. The maximum atomic E-state index is 12.2. The number of pyridine rings is 1. The summed E-state index contributed by atoms with van der Waals surface area (Å²) in [6.07, 6.45) is 2.38. The first-order chi connectivity index (χ1) is 11.4. The van der Waals surface area contributed by atoms with Crippen LogP contribution in [0.3, 0.4) is 0 Å². The Morgan fingerprint density at radius 1 is 1.21 bits per heavy atom. The molecule has 2 aromatic rings. The largest absolute Gasteiger partial charge is 0.497 e. The SMILES string of the molecule is COc1cccc(CCNC(=O)c2cc(NC(C)(C)C)ccn2)c1. The third kappa shape index (κ3) is 5.57. The minimum absolute atomic E-state index is 0.0680. The second kappa shape index (κ2) is 7.81. The van der Waals surface area contributed by atoms with Crippen LogP contribution < -0.4 is 15.4 Å². The molecule has 0 atom stereocenters. The number of amides is 1. The van der Waals surface area contributed by atoms with Crippen molar-refractivity contribution in [3.8, 4) is 5.75 Å². The average Bonchev–Trinajstić information content (AvgIpc) is 2.53. The first kappa shape index (κ1) is 17.8. The molecule has 0 spiro atoms. The van der Waals surface area contributed by atoms with Gasteiger partial charge in [-0.25, -0.2) is 0 Å². The summed E-state index contributed by atoms with van der Waals surface area (Å²) in [7, 11) is 1.64. The number of nitrogens with one attached hydrogen (secondary N) is 2. The van der Waals surface area contributed by atoms with Crippen LogP contribution in [0.25, 0.3) is 0 Å². The summed E-state index contributed by atoms with van der Waals surface area (Å²) in [4.78, 5) is 16.4. The topological polar surface area (TPSA) is 63.2 Å². The summed E-state index contributed by atoms with van der Waals surface area (Å²) in [6, 6.07) is 11.5. The minimum Gasteiger partial charge on any atom is -0.497 e. The second-order valence-corrected chi connectivity index (χ2v) is 6.66. The van der Waals surface area contributed by atoms with Crippen molar-refractivity contribution in [2.75, 3.05) is 19.0 Å². The van der Waals surface area contributed by atoms with Crippen molar-refractivity contribution in [1.29, 1.82) is 0 Å². The lowest BCUT2D eigenvalue weighted by Crippen LogP contribution is -2.28. The quantitative estimate of drug-likeness (QED) is 0.855. The molecular formula is C19H25N3O2. The number of anilines is 1. The van der Waals surface area contributed by atoms with Gasteiger partial charge in [-0.15, -0.1) is 0 Å². The molecule has 1 aromatic carbocycles. The number of ether oxygens (including phenoxy) is 1. The molecule has 2 N–H and O–H groups in total. The van der Waals surface area contributed by atoms with E-state index >= 15 is 0 Å². The van der Waals surface area contributed by atoms with Gasteiger partial charge in [-0.05, 0) is 57.0 Å². The zero-order valence-corrected chi connectivity index (χ0v) is 14.7. The fourth-order valence-electron chi connectivity index (χ4n) is 2.30. The van der Waals surface area contributed by atoms with Crippen LogP contribution in [-0.2, 0) is 6.42 Å². The van der Waals surface area contributed by atoms with Crippen molar-refractivity contribution in [3.05, 3.63) is 53.9 Å². The fourth-order valence-corrected chi connectivity index (χ4v) is 2.30. The third-order valence-electron chi connectivity index (χ3n) is 3.35. The highest BCUT2D eigenvalue weighted by Gasteiger charge is 2.12. The van der Waals surface area contributed by atoms with E-state index in [1.165, 1.54) is 0 Å². The Hall–Kier alpha value is -2.56. The first-order valence-corrected chi connectivity index (χ1v) is 8.03. The molecule has 5 heteroatoms. The van der Waals surface area contributed by atoms with Crippen LogP contribution in [0.2, 0.25) is 0 Å². The molecule has 1 aromatic heterocycles. The number of carbonyl (C=O) groups excluding carboxylic acids is 1. The highest BCUT2D eigenvalue weighted by atomic mass is 16.5. The molecule has 128 valence electrons. The zero-order chi connectivity index (χ0) is 17.6. The summed E-state index contributed by atoms with van der Waals surface area (Å²) in [6.45, 7) is 6.76. The van der Waals surface area contributed by atoms with E-state index in [-0.39, 0.29) is 11.4 Å². The van der Waals surface area contributed by atoms with Crippen LogP contribution in [-0.4, -0.2) is 30.1 Å². The van der Waals surface area contributed by atoms with Gasteiger partial charge in [0.1, 0.15) is 11.4 Å². The highest BCUT2D eigenvalue weighted by Crippen LogP contribution is 2.15. The van der Waals surface area contributed by atoms with Crippen LogP contribution in [0.5, 0.6) is 5.75 Å². The Kier molecular flexibility index (Phi) is 5.79. The molecule has 1 heterocycles. The molecule has 0 aliphatic carbocycles. The molecule has 0 bridgehead atoms. The molecule has 0 saturated carbocycles. The molecule has 2 rings (SSSR count). The summed E-state index contributed by atoms with van der Waals surface area (Å²) >= 11 is 0. The van der Waals surface area contributed by atoms with E-state index in [0.717, 1.165) is 23.4 Å². The van der Waals surface area contributed by atoms with E-state index in [9.17, 15) is 4.79 Å². The number of hydrogen-bond acceptors (Lipinski definition) is 4. The molecule has 0 saturated heterocycles. The maximum Gasteiger partial charge on any atom is 0.269 e. The van der Waals surface area contributed by atoms with E-state index in [0.29, 0.717) is 12.2 Å². The third-order valence-corrected chi connectivity index (χ3v) is 3.35. The van der Waals surface area contributed by atoms with Gasteiger partial charge in [-0.3, -0.25) is 9.78 Å². The molecule has 5 nitrogen and oxygen atoms in total. The normalized spacial score (nSPS) is 11.0. The molecule has 0 aliphatic rings. The lowest BCUT2D eigenvalue weighted by atomic mass is 10.1. The standard InChI is InChI=1S/C19H25N3O2/c1-19(2,3)22-15-9-11-20-17(13-15)18(23)21-10-8-14-6-5-7-16(12-14)24-4/h5-7,9,11-13H,8,10H2,1-4H3,(H,20,22)(H,21,23). The van der Waals surface area contributed by atoms with Crippen molar-refractivity contribution in [2.45, 2.75) is 32.7 Å². The Bertz CT molecular complexity index is 693. The molecule has 0 aliphatic heterocycles. The lowest BCUT2D eigenvalue weighted by molar-refractivity contribution is 0.0949. The van der Waals surface area contributed by atoms with Crippen LogP contribution in [0.1, 0.15) is 36.8 Å². The van der Waals surface area contributed by atoms with Gasteiger partial charge < -0.3 is 15.4 Å². The second-order valence-electron chi connectivity index (χ2n) is 6.66. The number of hydrogen-bond donors (Lipinski definition) is 2. The minimum atomic E-state index is -0.171. The van der Waals surface area contributed by atoms with E-state index in [4.69, 9.17) is 4.74 Å². The van der Waals surface area contributed by atoms with Crippen LogP contribution >= 0.6 is 0 Å². The van der Waals surface area contributed by atoms with Gasteiger partial charge in [0.2, 0.25) is 0 Å². The number of nitrogens with zero attached hydrogens (tertiary/aromatic N) is 1. The van der Waals surface area contributed by atoms with Crippen LogP contribution in [0.4, 0.5) is 5.69 Å². The van der Waals surface area contributed by atoms with E-state index in [2.05, 4.69) is 36.4 Å². The summed E-state index contributed by atoms with van der Waals surface area (Å²) in [5.41, 5.74) is 2.35. The summed E-state index contributed by atoms with van der Waals surface area (Å²) in [5.74, 6) is 0.650. The van der Waals surface area contributed by atoms with E-state index < -0.39 is 0 Å². The molecule has 0 radical (unpaired) electrons. The molecule has 1 amide bonds. The zero-order valence-electron chi connectivity index (χ0n) is 14.7. The van der Waals surface area contributed by atoms with E-state index in [1.807, 2.05) is 30.3 Å². The number of benzene rings is 1. The van der Waals surface area contributed by atoms with Gasteiger partial charge >= 0.3 is 0 Å². The fraction of sp³-hybridized carbons (Fsp3) is 0.368. The lowest BCUT2D eigenvalue weighted by Gasteiger charge is -2.22. The van der Waals surface area contributed by atoms with Crippen molar-refractivity contribution in [3.63, 3.8) is 0 Å². The number of aromatic nitrogens is 1.